The average molecular weight is 1030 g/mol. The molecule has 0 saturated carbocycles. The van der Waals surface area contributed by atoms with Gasteiger partial charge >= 0.3 is 12.1 Å². The number of hydrazine groups is 1. The second-order valence-electron chi connectivity index (χ2n) is 21.5. The van der Waals surface area contributed by atoms with Gasteiger partial charge in [0.1, 0.15) is 23.8 Å². The number of hydrogen-bond acceptors (Lipinski definition) is 10. The molecule has 0 aliphatic carbocycles. The highest BCUT2D eigenvalue weighted by Crippen LogP contribution is 2.43. The van der Waals surface area contributed by atoms with Gasteiger partial charge in [0.2, 0.25) is 11.8 Å². The van der Waals surface area contributed by atoms with Crippen molar-refractivity contribution < 1.29 is 46.6 Å². The lowest BCUT2D eigenvalue weighted by atomic mass is 9.84. The Morgan fingerprint density at radius 1 is 1.05 bits per heavy atom. The van der Waals surface area contributed by atoms with Crippen molar-refractivity contribution in [1.82, 2.24) is 40.0 Å². The SMILES string of the molecule is CC[C@H](C(=O)N[C@H]1Cc2cccc(c2)-c2ccc3c(c2)c(c(-c2cccnc2[C@H](C)OC)n3CC(F)(F)F)CC(C)(C)COC(=O)[C@@]2([SiH3])CCCN(N2)C1=O)N(C)C(=O)C1CN(C(=O)C#CC(C)(C)N(C)C)C1. The minimum atomic E-state index is -4.59. The molecule has 4 amide bonds. The van der Waals surface area contributed by atoms with Gasteiger partial charge in [0.15, 0.2) is 0 Å². The molecule has 6 bridgehead atoms. The lowest BCUT2D eigenvalue weighted by Gasteiger charge is -2.42. The molecule has 0 unspecified atom stereocenters. The number of halogens is 3. The maximum atomic E-state index is 14.8. The quantitative estimate of drug-likeness (QED) is 0.126. The Morgan fingerprint density at radius 2 is 1.77 bits per heavy atom. The second-order valence-corrected chi connectivity index (χ2v) is 23.2. The highest BCUT2D eigenvalue weighted by Gasteiger charge is 2.44. The van der Waals surface area contributed by atoms with E-state index in [1.165, 1.54) is 26.5 Å². The van der Waals surface area contributed by atoms with E-state index in [9.17, 15) is 37.1 Å². The number of rotatable bonds is 10. The van der Waals surface area contributed by atoms with E-state index in [2.05, 4.69) is 27.6 Å². The van der Waals surface area contributed by atoms with E-state index in [1.807, 2.05) is 77.0 Å². The number of pyridine rings is 1. The summed E-state index contributed by atoms with van der Waals surface area (Å²) < 4.78 is 57.4. The van der Waals surface area contributed by atoms with E-state index in [0.717, 1.165) is 5.56 Å². The molecule has 3 aliphatic rings. The van der Waals surface area contributed by atoms with Crippen LogP contribution >= 0.6 is 0 Å². The van der Waals surface area contributed by atoms with Gasteiger partial charge in [0.25, 0.3) is 11.8 Å². The van der Waals surface area contributed by atoms with Gasteiger partial charge in [-0.3, -0.25) is 38.9 Å². The molecule has 2 saturated heterocycles. The molecule has 73 heavy (non-hydrogen) atoms. The first-order valence-electron chi connectivity index (χ1n) is 24.9. The molecule has 4 aromatic rings. The van der Waals surface area contributed by atoms with Gasteiger partial charge in [-0.25, -0.2) is 5.43 Å². The Hall–Kier alpha value is -6.07. The molecule has 2 fully saturated rings. The number of nitrogens with one attached hydrogen (secondary N) is 2. The maximum absolute atomic E-state index is 14.8. The molecule has 3 aliphatic heterocycles. The van der Waals surface area contributed by atoms with Crippen LogP contribution in [0.3, 0.4) is 0 Å². The van der Waals surface area contributed by atoms with Crippen molar-refractivity contribution in [3.63, 3.8) is 0 Å². The lowest BCUT2D eigenvalue weighted by Crippen LogP contribution is -2.67. The van der Waals surface area contributed by atoms with Crippen LogP contribution in [0.2, 0.25) is 0 Å². The summed E-state index contributed by atoms with van der Waals surface area (Å²) in [7, 11) is 7.05. The van der Waals surface area contributed by atoms with Crippen molar-refractivity contribution in [3.8, 4) is 34.2 Å². The van der Waals surface area contributed by atoms with Gasteiger partial charge in [0.05, 0.1) is 35.6 Å². The van der Waals surface area contributed by atoms with Gasteiger partial charge < -0.3 is 29.2 Å². The number of esters is 1. The highest BCUT2D eigenvalue weighted by molar-refractivity contribution is 6.27. The van der Waals surface area contributed by atoms with Crippen LogP contribution in [0, 0.1) is 23.2 Å². The first-order chi connectivity index (χ1) is 34.3. The molecule has 2 aromatic heterocycles. The number of ether oxygens (including phenoxy) is 2. The summed E-state index contributed by atoms with van der Waals surface area (Å²) in [5.74, 6) is 2.85. The second kappa shape index (κ2) is 21.4. The molecule has 4 atom stereocenters. The number of aromatic nitrogens is 2. The summed E-state index contributed by atoms with van der Waals surface area (Å²) in [5.41, 5.74) is 6.24. The van der Waals surface area contributed by atoms with Gasteiger partial charge in [-0.15, -0.1) is 0 Å². The third-order valence-electron chi connectivity index (χ3n) is 14.7. The summed E-state index contributed by atoms with van der Waals surface area (Å²) in [6.07, 6.45) is -2.26. The zero-order valence-corrected chi connectivity index (χ0v) is 45.8. The summed E-state index contributed by atoms with van der Waals surface area (Å²) in [4.78, 5) is 79.7. The molecule has 19 heteroatoms. The number of likely N-dealkylation sites (N-methyl/N-ethyl adjacent to an activating group) is 1. The third kappa shape index (κ3) is 12.0. The minimum absolute atomic E-state index is 0.0178. The smallest absolute Gasteiger partial charge is 0.406 e. The molecule has 7 rings (SSSR count). The summed E-state index contributed by atoms with van der Waals surface area (Å²) in [5, 5.41) is 3.72. The molecule has 15 nitrogen and oxygen atoms in total. The van der Waals surface area contributed by atoms with Crippen LogP contribution in [0.5, 0.6) is 0 Å². The maximum Gasteiger partial charge on any atom is 0.406 e. The summed E-state index contributed by atoms with van der Waals surface area (Å²) in [6, 6.07) is 14.1. The fourth-order valence-corrected chi connectivity index (χ4v) is 10.6. The zero-order valence-electron chi connectivity index (χ0n) is 43.8. The molecular formula is C54H69F3N8O7Si. The fourth-order valence-electron chi connectivity index (χ4n) is 9.79. The number of hydrogen-bond donors (Lipinski definition) is 2. The van der Waals surface area contributed by atoms with Gasteiger partial charge in [-0.2, -0.15) is 13.2 Å². The van der Waals surface area contributed by atoms with Crippen LogP contribution in [0.15, 0.2) is 60.8 Å². The predicted molar refractivity (Wildman–Crippen MR) is 275 cm³/mol. The fraction of sp³-hybridized carbons (Fsp3) is 0.519. The number of fused-ring (bicyclic) bond motifs is 6. The van der Waals surface area contributed by atoms with E-state index in [1.54, 1.807) is 51.4 Å². The van der Waals surface area contributed by atoms with Crippen LogP contribution in [0.4, 0.5) is 13.2 Å². The topological polar surface area (TPSA) is 159 Å². The number of nitrogens with zero attached hydrogens (tertiary/aromatic N) is 6. The number of likely N-dealkylation sites (tertiary alicyclic amines) is 1. The van der Waals surface area contributed by atoms with Gasteiger partial charge in [-0.1, -0.05) is 57.0 Å². The number of carbonyl (C=O) groups is 5. The van der Waals surface area contributed by atoms with E-state index < -0.39 is 70.7 Å². The standard InChI is InChI=1S/C54H69F3N8O7Si/c1-11-42(62(9)48(68)37-29-63(30-37)44(66)20-22-52(5,6)61(7)8)47(67)59-41-26-34-15-12-16-35(25-34)36-18-19-43-39(27-36)40(28-51(3,4)32-72-50(70)53(73)21-14-24-65(60-53)49(41)69)46(64(43)31-54(55,56)57)38-17-13-23-58-45(38)33(2)71-10/h12-13,15-19,23,25,27,33,37,41-42,60H,11,14,21,24,26,28-32H2,1-10,73H3,(H,59,67)/t33-,41-,42+,53-/m0/s1. The number of carbonyl (C=O) groups excluding carboxylic acids is 5. The molecule has 2 N–H and O–H groups in total. The van der Waals surface area contributed by atoms with Crippen LogP contribution in [-0.4, -0.2) is 153 Å². The highest BCUT2D eigenvalue weighted by atomic mass is 28.1. The number of amides is 4. The van der Waals surface area contributed by atoms with Crippen molar-refractivity contribution in [2.45, 2.75) is 115 Å². The van der Waals surface area contributed by atoms with Crippen molar-refractivity contribution >= 4 is 50.7 Å². The van der Waals surface area contributed by atoms with Crippen LogP contribution in [0.25, 0.3) is 33.3 Å². The molecule has 0 spiro atoms. The van der Waals surface area contributed by atoms with Crippen LogP contribution in [-0.2, 0) is 52.8 Å². The number of methoxy groups -OCH3 is 1. The number of alkyl halides is 3. The minimum Gasteiger partial charge on any atom is -0.464 e. The van der Waals surface area contributed by atoms with Gasteiger partial charge in [0, 0.05) is 78.5 Å². The average Bonchev–Trinajstić information content (AvgIpc) is 3.60. The lowest BCUT2D eigenvalue weighted by molar-refractivity contribution is -0.158. The Kier molecular flexibility index (Phi) is 16.0. The largest absolute Gasteiger partial charge is 0.464 e. The normalized spacial score (nSPS) is 20.6. The Labute approximate surface area is 428 Å². The predicted octanol–water partition coefficient (Wildman–Crippen LogP) is 5.02. The number of cyclic esters (lactones) is 1. The van der Waals surface area contributed by atoms with Crippen molar-refractivity contribution in [2.24, 2.45) is 11.3 Å². The van der Waals surface area contributed by atoms with Crippen molar-refractivity contribution in [3.05, 3.63) is 77.6 Å². The molecule has 392 valence electrons. The number of benzene rings is 2. The van der Waals surface area contributed by atoms with E-state index in [0.29, 0.717) is 57.4 Å². The monoisotopic (exact) mass is 1030 g/mol. The third-order valence-corrected chi connectivity index (χ3v) is 15.8. The Balaban J connectivity index is 1.26. The van der Waals surface area contributed by atoms with E-state index in [-0.39, 0.29) is 67.6 Å². The Bertz CT molecular complexity index is 2830. The van der Waals surface area contributed by atoms with Gasteiger partial charge in [-0.05, 0) is 113 Å². The van der Waals surface area contributed by atoms with Crippen LogP contribution < -0.4 is 10.7 Å². The van der Waals surface area contributed by atoms with E-state index in [4.69, 9.17) is 9.47 Å². The first-order valence-corrected chi connectivity index (χ1v) is 25.9. The van der Waals surface area contributed by atoms with Crippen molar-refractivity contribution in [1.29, 1.82) is 0 Å². The molecule has 0 radical (unpaired) electrons. The van der Waals surface area contributed by atoms with E-state index >= 15 is 0 Å². The Morgan fingerprint density at radius 3 is 2.44 bits per heavy atom. The summed E-state index contributed by atoms with van der Waals surface area (Å²) in [6.45, 7) is 10.4. The first kappa shape index (κ1) is 54.7. The molecular weight excluding hydrogens is 958 g/mol. The van der Waals surface area contributed by atoms with Crippen LogP contribution in [0.1, 0.15) is 83.7 Å². The van der Waals surface area contributed by atoms with Crippen molar-refractivity contribution in [2.75, 3.05) is 54.5 Å². The molecule has 5 heterocycles. The molecule has 2 aromatic carbocycles. The summed E-state index contributed by atoms with van der Waals surface area (Å²) >= 11 is 0. The zero-order chi connectivity index (χ0) is 53.4.